The van der Waals surface area contributed by atoms with Gasteiger partial charge in [-0.3, -0.25) is 4.79 Å². The van der Waals surface area contributed by atoms with E-state index in [4.69, 9.17) is 0 Å². The van der Waals surface area contributed by atoms with Gasteiger partial charge in [0.15, 0.2) is 5.12 Å². The second-order valence-electron chi connectivity index (χ2n) is 1.60. The molecular weight excluding hydrogens is 136 g/mol. The number of thiol groups is 1. The van der Waals surface area contributed by atoms with Crippen LogP contribution in [0.2, 0.25) is 6.04 Å². The van der Waals surface area contributed by atoms with Gasteiger partial charge in [0.25, 0.3) is 0 Å². The monoisotopic (exact) mass is 145 g/mol. The first kappa shape index (κ1) is 8.24. The Morgan fingerprint density at radius 2 is 2.12 bits per heavy atom. The molecule has 0 N–H and O–H groups in total. The standard InChI is InChI=1S/C5H9OSSi/c6-5(7)3-1-2-4-8/h1-4H2,(H,6,7). The second kappa shape index (κ2) is 5.38. The van der Waals surface area contributed by atoms with Crippen LogP contribution >= 0.6 is 12.6 Å². The first-order valence-electron chi connectivity index (χ1n) is 2.63. The Bertz CT molecular complexity index is 74.8. The molecule has 0 aliphatic carbocycles. The first-order chi connectivity index (χ1) is 3.77. The Hall–Kier alpha value is 0.237. The van der Waals surface area contributed by atoms with E-state index in [-0.39, 0.29) is 5.12 Å². The number of carbonyl (C=O) groups excluding carboxylic acids is 1. The molecule has 0 aromatic rings. The number of hydrogen-bond donors (Lipinski definition) is 1. The van der Waals surface area contributed by atoms with E-state index < -0.39 is 0 Å². The first-order valence-corrected chi connectivity index (χ1v) is 3.79. The van der Waals surface area contributed by atoms with Gasteiger partial charge in [-0.25, -0.2) is 0 Å². The number of unbranched alkanes of at least 4 members (excludes halogenated alkanes) is 1. The number of hydrogen-bond acceptors (Lipinski definition) is 1. The average Bonchev–Trinajstić information content (AvgIpc) is 1.66. The molecule has 0 spiro atoms. The predicted molar refractivity (Wildman–Crippen MR) is 38.4 cm³/mol. The highest BCUT2D eigenvalue weighted by Crippen LogP contribution is 1.99. The highest BCUT2D eigenvalue weighted by molar-refractivity contribution is 7.96. The van der Waals surface area contributed by atoms with Gasteiger partial charge in [-0.1, -0.05) is 12.5 Å². The normalized spacial score (nSPS) is 9.25. The smallest absolute Gasteiger partial charge is 0.185 e. The van der Waals surface area contributed by atoms with Gasteiger partial charge in [-0.15, -0.1) is 12.6 Å². The van der Waals surface area contributed by atoms with Crippen molar-refractivity contribution in [1.82, 2.24) is 0 Å². The predicted octanol–water partition coefficient (Wildman–Crippen LogP) is 1.20. The minimum absolute atomic E-state index is 0.00915. The van der Waals surface area contributed by atoms with E-state index in [9.17, 15) is 4.79 Å². The van der Waals surface area contributed by atoms with E-state index in [1.54, 1.807) is 0 Å². The summed E-state index contributed by atoms with van der Waals surface area (Å²) in [5, 5.41) is -0.00915. The fraction of sp³-hybridized carbons (Fsp3) is 0.800. The molecule has 3 radical (unpaired) electrons. The maximum Gasteiger partial charge on any atom is 0.185 e. The third-order valence-electron chi connectivity index (χ3n) is 0.817. The van der Waals surface area contributed by atoms with Crippen LogP contribution in [0.5, 0.6) is 0 Å². The molecule has 0 saturated carbocycles. The fourth-order valence-corrected chi connectivity index (χ4v) is 0.809. The third kappa shape index (κ3) is 6.24. The van der Waals surface area contributed by atoms with Crippen LogP contribution in [0, 0.1) is 0 Å². The van der Waals surface area contributed by atoms with Crippen LogP contribution in [-0.2, 0) is 4.79 Å². The summed E-state index contributed by atoms with van der Waals surface area (Å²) in [6, 6.07) is 0.973. The van der Waals surface area contributed by atoms with Crippen LogP contribution in [0.1, 0.15) is 19.3 Å². The van der Waals surface area contributed by atoms with E-state index in [1.165, 1.54) is 0 Å². The van der Waals surface area contributed by atoms with Crippen LogP contribution in [0.3, 0.4) is 0 Å². The van der Waals surface area contributed by atoms with Gasteiger partial charge in [0, 0.05) is 16.7 Å². The Balaban J connectivity index is 2.82. The molecule has 0 rings (SSSR count). The molecule has 0 aliphatic heterocycles. The zero-order chi connectivity index (χ0) is 6.41. The second-order valence-corrected chi connectivity index (χ2v) is 2.60. The zero-order valence-corrected chi connectivity index (χ0v) is 6.58. The van der Waals surface area contributed by atoms with Crippen molar-refractivity contribution in [2.45, 2.75) is 25.3 Å². The summed E-state index contributed by atoms with van der Waals surface area (Å²) in [7, 11) is 3.31. The van der Waals surface area contributed by atoms with Gasteiger partial charge in [-0.2, -0.15) is 0 Å². The van der Waals surface area contributed by atoms with Crippen molar-refractivity contribution in [3.05, 3.63) is 0 Å². The van der Waals surface area contributed by atoms with Crippen molar-refractivity contribution < 1.29 is 4.79 Å². The van der Waals surface area contributed by atoms with Crippen molar-refractivity contribution >= 4 is 28.0 Å². The molecule has 0 atom stereocenters. The molecule has 0 fully saturated rings. The van der Waals surface area contributed by atoms with Gasteiger partial charge in [0.1, 0.15) is 0 Å². The van der Waals surface area contributed by atoms with Crippen LogP contribution in [0.4, 0.5) is 0 Å². The van der Waals surface area contributed by atoms with Crippen molar-refractivity contribution in [2.75, 3.05) is 0 Å². The SMILES string of the molecule is O=C(S)CCCC[Si]. The van der Waals surface area contributed by atoms with Gasteiger partial charge in [0.2, 0.25) is 0 Å². The lowest BCUT2D eigenvalue weighted by atomic mass is 10.3. The molecule has 0 aromatic carbocycles. The van der Waals surface area contributed by atoms with Gasteiger partial charge in [-0.05, 0) is 6.42 Å². The lowest BCUT2D eigenvalue weighted by Gasteiger charge is -1.89. The summed E-state index contributed by atoms with van der Waals surface area (Å²) in [6.45, 7) is 0. The van der Waals surface area contributed by atoms with Crippen LogP contribution in [0.15, 0.2) is 0 Å². The summed E-state index contributed by atoms with van der Waals surface area (Å²) in [6.07, 6.45) is 2.61. The molecule has 0 unspecified atom stereocenters. The quantitative estimate of drug-likeness (QED) is 0.357. The molecule has 0 aliphatic rings. The highest BCUT2D eigenvalue weighted by atomic mass is 32.1. The molecular formula is C5H9OSSi. The van der Waals surface area contributed by atoms with E-state index in [1.807, 2.05) is 0 Å². The minimum atomic E-state index is -0.00915. The molecule has 0 bridgehead atoms. The molecule has 1 nitrogen and oxygen atoms in total. The summed E-state index contributed by atoms with van der Waals surface area (Å²) in [4.78, 5) is 10.2. The van der Waals surface area contributed by atoms with Crippen LogP contribution in [0.25, 0.3) is 0 Å². The molecule has 45 valence electrons. The van der Waals surface area contributed by atoms with Gasteiger partial charge < -0.3 is 0 Å². The van der Waals surface area contributed by atoms with Crippen LogP contribution in [-0.4, -0.2) is 15.4 Å². The summed E-state index contributed by atoms with van der Waals surface area (Å²) in [5.74, 6) is 0. The lowest BCUT2D eigenvalue weighted by Crippen LogP contribution is -1.84. The molecule has 3 heteroatoms. The van der Waals surface area contributed by atoms with E-state index in [2.05, 4.69) is 22.9 Å². The Morgan fingerprint density at radius 3 is 2.50 bits per heavy atom. The van der Waals surface area contributed by atoms with E-state index in [0.29, 0.717) is 6.42 Å². The average molecular weight is 145 g/mol. The summed E-state index contributed by atoms with van der Waals surface area (Å²) < 4.78 is 0. The maximum absolute atomic E-state index is 10.2. The van der Waals surface area contributed by atoms with Crippen molar-refractivity contribution in [3.8, 4) is 0 Å². The van der Waals surface area contributed by atoms with Crippen molar-refractivity contribution in [2.24, 2.45) is 0 Å². The lowest BCUT2D eigenvalue weighted by molar-refractivity contribution is -0.110. The Labute approximate surface area is 58.7 Å². The zero-order valence-electron chi connectivity index (χ0n) is 4.68. The highest BCUT2D eigenvalue weighted by Gasteiger charge is 1.90. The molecule has 8 heavy (non-hydrogen) atoms. The molecule has 0 saturated heterocycles. The number of rotatable bonds is 4. The Morgan fingerprint density at radius 1 is 1.50 bits per heavy atom. The topological polar surface area (TPSA) is 17.1 Å². The summed E-state index contributed by atoms with van der Waals surface area (Å²) >= 11 is 3.62. The molecule has 0 heterocycles. The minimum Gasteiger partial charge on any atom is -0.288 e. The summed E-state index contributed by atoms with van der Waals surface area (Å²) in [5.41, 5.74) is 0. The largest absolute Gasteiger partial charge is 0.288 e. The maximum atomic E-state index is 10.2. The van der Waals surface area contributed by atoms with E-state index >= 15 is 0 Å². The molecule has 0 aromatic heterocycles. The Kier molecular flexibility index (Phi) is 5.53. The molecule has 0 amide bonds. The third-order valence-corrected chi connectivity index (χ3v) is 1.39. The van der Waals surface area contributed by atoms with Crippen molar-refractivity contribution in [1.29, 1.82) is 0 Å². The van der Waals surface area contributed by atoms with Gasteiger partial charge in [0.05, 0.1) is 0 Å². The number of carbonyl (C=O) groups is 1. The fourth-order valence-electron chi connectivity index (χ4n) is 0.401. The van der Waals surface area contributed by atoms with E-state index in [0.717, 1.165) is 18.9 Å². The van der Waals surface area contributed by atoms with Crippen LogP contribution < -0.4 is 0 Å². The van der Waals surface area contributed by atoms with Crippen molar-refractivity contribution in [3.63, 3.8) is 0 Å². The van der Waals surface area contributed by atoms with Gasteiger partial charge >= 0.3 is 0 Å².